The molecule has 3 aromatic heterocycles. The van der Waals surface area contributed by atoms with Crippen LogP contribution in [-0.2, 0) is 12.3 Å². The summed E-state index contributed by atoms with van der Waals surface area (Å²) in [5, 5.41) is 17.5. The third-order valence-corrected chi connectivity index (χ3v) is 5.59. The van der Waals surface area contributed by atoms with E-state index in [0.29, 0.717) is 17.5 Å². The quantitative estimate of drug-likeness (QED) is 0.427. The number of hydrogen-bond donors (Lipinski definition) is 0. The lowest BCUT2D eigenvalue weighted by Gasteiger charge is -2.07. The molecule has 3 heterocycles. The molecule has 0 radical (unpaired) electrons. The zero-order chi connectivity index (χ0) is 18.6. The molecule has 0 aliphatic rings. The van der Waals surface area contributed by atoms with E-state index in [-0.39, 0.29) is 0 Å². The topological polar surface area (TPSA) is 78.9 Å². The molecule has 7 nitrogen and oxygen atoms in total. The van der Waals surface area contributed by atoms with Gasteiger partial charge in [0, 0.05) is 23.1 Å². The maximum Gasteiger partial charge on any atom is 0.237 e. The maximum absolute atomic E-state index is 5.35. The molecule has 0 spiro atoms. The molecule has 0 amide bonds. The van der Waals surface area contributed by atoms with Crippen LogP contribution in [0.25, 0.3) is 22.8 Å². The van der Waals surface area contributed by atoms with Crippen LogP contribution >= 0.6 is 23.1 Å². The predicted octanol–water partition coefficient (Wildman–Crippen LogP) is 4.38. The first kappa shape index (κ1) is 17.7. The van der Waals surface area contributed by atoms with E-state index >= 15 is 0 Å². The first-order valence-electron chi connectivity index (χ1n) is 8.34. The molecule has 0 N–H and O–H groups in total. The van der Waals surface area contributed by atoms with Crippen LogP contribution in [0.1, 0.15) is 12.8 Å². The highest BCUT2D eigenvalue weighted by Gasteiger charge is 2.15. The number of benzene rings is 1. The number of nitrogens with zero attached hydrogens (tertiary/aromatic N) is 5. The highest BCUT2D eigenvalue weighted by Crippen LogP contribution is 2.28. The molecule has 0 aliphatic carbocycles. The van der Waals surface area contributed by atoms with E-state index in [1.54, 1.807) is 18.4 Å². The van der Waals surface area contributed by atoms with Gasteiger partial charge in [-0.2, -0.15) is 16.3 Å². The Labute approximate surface area is 164 Å². The Morgan fingerprint density at radius 2 is 2.00 bits per heavy atom. The number of ether oxygens (including phenoxy) is 1. The molecule has 4 rings (SSSR count). The second-order valence-corrected chi connectivity index (χ2v) is 7.31. The van der Waals surface area contributed by atoms with E-state index in [0.717, 1.165) is 34.4 Å². The van der Waals surface area contributed by atoms with E-state index < -0.39 is 0 Å². The molecule has 0 atom stereocenters. The summed E-state index contributed by atoms with van der Waals surface area (Å²) in [4.78, 5) is 4.44. The third kappa shape index (κ3) is 3.74. The normalized spacial score (nSPS) is 11.0. The van der Waals surface area contributed by atoms with Gasteiger partial charge >= 0.3 is 0 Å². The minimum absolute atomic E-state index is 0.540. The zero-order valence-corrected chi connectivity index (χ0v) is 16.5. The number of rotatable bonds is 7. The number of hydrogen-bond acceptors (Lipinski definition) is 8. The van der Waals surface area contributed by atoms with Crippen molar-refractivity contribution in [3.8, 4) is 28.5 Å². The molecule has 0 fully saturated rings. The van der Waals surface area contributed by atoms with Crippen LogP contribution in [-0.4, -0.2) is 32.0 Å². The molecule has 1 aromatic carbocycles. The molecular formula is C18H17N5O2S2. The summed E-state index contributed by atoms with van der Waals surface area (Å²) in [6, 6.07) is 9.77. The molecule has 27 heavy (non-hydrogen) atoms. The van der Waals surface area contributed by atoms with Gasteiger partial charge in [0.15, 0.2) is 11.0 Å². The van der Waals surface area contributed by atoms with Crippen molar-refractivity contribution in [2.24, 2.45) is 0 Å². The van der Waals surface area contributed by atoms with Gasteiger partial charge in [0.25, 0.3) is 0 Å². The lowest BCUT2D eigenvalue weighted by Crippen LogP contribution is -2.00. The smallest absolute Gasteiger partial charge is 0.237 e. The average Bonchev–Trinajstić information content (AvgIpc) is 3.46. The van der Waals surface area contributed by atoms with E-state index in [1.165, 1.54) is 11.8 Å². The lowest BCUT2D eigenvalue weighted by atomic mass is 10.2. The first-order chi connectivity index (χ1) is 13.3. The Hall–Kier alpha value is -2.65. The molecule has 9 heteroatoms. The molecule has 0 saturated heterocycles. The fourth-order valence-electron chi connectivity index (χ4n) is 2.58. The average molecular weight is 400 g/mol. The van der Waals surface area contributed by atoms with Crippen LogP contribution in [0.5, 0.6) is 5.75 Å². The van der Waals surface area contributed by atoms with Crippen molar-refractivity contribution < 1.29 is 9.26 Å². The Morgan fingerprint density at radius 3 is 2.70 bits per heavy atom. The Balaban J connectivity index is 1.50. The Bertz CT molecular complexity index is 1010. The molecule has 0 unspecified atom stereocenters. The van der Waals surface area contributed by atoms with E-state index in [1.807, 2.05) is 41.1 Å². The van der Waals surface area contributed by atoms with Crippen molar-refractivity contribution in [2.75, 3.05) is 7.11 Å². The summed E-state index contributed by atoms with van der Waals surface area (Å²) in [7, 11) is 1.65. The van der Waals surface area contributed by atoms with E-state index in [4.69, 9.17) is 9.26 Å². The summed E-state index contributed by atoms with van der Waals surface area (Å²) >= 11 is 3.13. The Kier molecular flexibility index (Phi) is 5.21. The van der Waals surface area contributed by atoms with Crippen molar-refractivity contribution in [2.45, 2.75) is 24.4 Å². The summed E-state index contributed by atoms with van der Waals surface area (Å²) in [5.74, 6) is 3.36. The number of thioether (sulfide) groups is 1. The molecule has 0 saturated carbocycles. The van der Waals surface area contributed by atoms with E-state index in [2.05, 4.69) is 31.8 Å². The standard InChI is InChI=1S/C18H17N5O2S2/c1-3-23-17(12-4-6-14(24-2)7-5-12)20-21-18(23)27-11-15-19-16(22-25-15)13-8-9-26-10-13/h4-10H,3,11H2,1-2H3. The fourth-order valence-corrected chi connectivity index (χ4v) is 4.06. The summed E-state index contributed by atoms with van der Waals surface area (Å²) in [6.45, 7) is 2.84. The number of thiophene rings is 1. The third-order valence-electron chi connectivity index (χ3n) is 3.95. The molecule has 0 bridgehead atoms. The fraction of sp³-hybridized carbons (Fsp3) is 0.222. The van der Waals surface area contributed by atoms with Gasteiger partial charge in [-0.1, -0.05) is 16.9 Å². The highest BCUT2D eigenvalue weighted by molar-refractivity contribution is 7.98. The van der Waals surface area contributed by atoms with Crippen LogP contribution < -0.4 is 4.74 Å². The molecule has 138 valence electrons. The van der Waals surface area contributed by atoms with E-state index in [9.17, 15) is 0 Å². The minimum Gasteiger partial charge on any atom is -0.497 e. The van der Waals surface area contributed by atoms with Crippen molar-refractivity contribution in [1.82, 2.24) is 24.9 Å². The largest absolute Gasteiger partial charge is 0.497 e. The van der Waals surface area contributed by atoms with Gasteiger partial charge in [0.05, 0.1) is 12.9 Å². The van der Waals surface area contributed by atoms with Crippen molar-refractivity contribution in [3.05, 3.63) is 47.0 Å². The van der Waals surface area contributed by atoms with Gasteiger partial charge in [-0.05, 0) is 42.6 Å². The zero-order valence-electron chi connectivity index (χ0n) is 14.8. The summed E-state index contributed by atoms with van der Waals surface area (Å²) < 4.78 is 12.6. The maximum atomic E-state index is 5.35. The van der Waals surface area contributed by atoms with Crippen molar-refractivity contribution in [3.63, 3.8) is 0 Å². The van der Waals surface area contributed by atoms with Crippen molar-refractivity contribution in [1.29, 1.82) is 0 Å². The molecule has 0 aliphatic heterocycles. The van der Waals surface area contributed by atoms with Gasteiger partial charge in [-0.3, -0.25) is 0 Å². The lowest BCUT2D eigenvalue weighted by molar-refractivity contribution is 0.391. The number of aromatic nitrogens is 5. The van der Waals surface area contributed by atoms with Crippen LogP contribution in [0.15, 0.2) is 50.8 Å². The second-order valence-electron chi connectivity index (χ2n) is 5.59. The van der Waals surface area contributed by atoms with Crippen LogP contribution in [0, 0.1) is 0 Å². The SMILES string of the molecule is CCn1c(SCc2nc(-c3ccsc3)no2)nnc1-c1ccc(OC)cc1. The van der Waals surface area contributed by atoms with Gasteiger partial charge in [0.2, 0.25) is 11.7 Å². The van der Waals surface area contributed by atoms with Crippen LogP contribution in [0.3, 0.4) is 0 Å². The van der Waals surface area contributed by atoms with Gasteiger partial charge in [-0.15, -0.1) is 10.2 Å². The van der Waals surface area contributed by atoms with Gasteiger partial charge < -0.3 is 13.8 Å². The number of methoxy groups -OCH3 is 1. The Morgan fingerprint density at radius 1 is 1.15 bits per heavy atom. The summed E-state index contributed by atoms with van der Waals surface area (Å²) in [6.07, 6.45) is 0. The summed E-state index contributed by atoms with van der Waals surface area (Å²) in [5.41, 5.74) is 1.97. The monoisotopic (exact) mass is 399 g/mol. The predicted molar refractivity (Wildman–Crippen MR) is 105 cm³/mol. The van der Waals surface area contributed by atoms with Gasteiger partial charge in [-0.25, -0.2) is 0 Å². The first-order valence-corrected chi connectivity index (χ1v) is 10.3. The second kappa shape index (κ2) is 7.93. The van der Waals surface area contributed by atoms with Crippen LogP contribution in [0.4, 0.5) is 0 Å². The van der Waals surface area contributed by atoms with Crippen LogP contribution in [0.2, 0.25) is 0 Å². The molecule has 4 aromatic rings. The molecular weight excluding hydrogens is 382 g/mol. The van der Waals surface area contributed by atoms with Gasteiger partial charge in [0.1, 0.15) is 5.75 Å². The minimum atomic E-state index is 0.540. The highest BCUT2D eigenvalue weighted by atomic mass is 32.2. The van der Waals surface area contributed by atoms with Crippen molar-refractivity contribution >= 4 is 23.1 Å².